The molecule has 0 atom stereocenters. The van der Waals surface area contributed by atoms with Crippen molar-refractivity contribution in [3.05, 3.63) is 52.8 Å². The van der Waals surface area contributed by atoms with Gasteiger partial charge < -0.3 is 4.90 Å². The van der Waals surface area contributed by atoms with Crippen molar-refractivity contribution in [3.63, 3.8) is 0 Å². The lowest BCUT2D eigenvalue weighted by molar-refractivity contribution is -0.116. The van der Waals surface area contributed by atoms with Crippen LogP contribution in [0.2, 0.25) is 5.15 Å². The first-order valence-corrected chi connectivity index (χ1v) is 10.1. The third-order valence-corrected chi connectivity index (χ3v) is 6.47. The number of benzene rings is 1. The number of carbonyl (C=O) groups excluding carboxylic acids is 1. The molecule has 26 heavy (non-hydrogen) atoms. The summed E-state index contributed by atoms with van der Waals surface area (Å²) in [4.78, 5) is 17.7. The van der Waals surface area contributed by atoms with Crippen LogP contribution in [0.5, 0.6) is 0 Å². The van der Waals surface area contributed by atoms with Gasteiger partial charge in [0, 0.05) is 38.9 Å². The smallest absolute Gasteiger partial charge is 0.243 e. The van der Waals surface area contributed by atoms with Crippen LogP contribution in [0, 0.1) is 0 Å². The molecule has 3 rings (SSSR count). The average Bonchev–Trinajstić information content (AvgIpc) is 2.62. The van der Waals surface area contributed by atoms with Crippen LogP contribution in [0.1, 0.15) is 24.5 Å². The summed E-state index contributed by atoms with van der Waals surface area (Å²) < 4.78 is 27.1. The average molecular weight is 394 g/mol. The van der Waals surface area contributed by atoms with E-state index in [1.54, 1.807) is 41.4 Å². The van der Waals surface area contributed by atoms with Crippen molar-refractivity contribution in [1.82, 2.24) is 9.29 Å². The number of fused-ring (bicyclic) bond motifs is 1. The summed E-state index contributed by atoms with van der Waals surface area (Å²) in [5, 5.41) is 0.365. The van der Waals surface area contributed by atoms with E-state index in [0.717, 1.165) is 29.7 Å². The van der Waals surface area contributed by atoms with Gasteiger partial charge in [-0.05, 0) is 48.2 Å². The highest BCUT2D eigenvalue weighted by atomic mass is 35.5. The monoisotopic (exact) mass is 393 g/mol. The third-order valence-electron chi connectivity index (χ3n) is 4.45. The van der Waals surface area contributed by atoms with E-state index in [2.05, 4.69) is 4.98 Å². The molecule has 0 fully saturated rings. The lowest BCUT2D eigenvalue weighted by atomic mass is 10.0. The van der Waals surface area contributed by atoms with Crippen LogP contribution in [0.4, 0.5) is 5.69 Å². The Hall–Kier alpha value is -1.96. The Morgan fingerprint density at radius 3 is 2.73 bits per heavy atom. The van der Waals surface area contributed by atoms with Crippen LogP contribution in [-0.4, -0.2) is 37.2 Å². The minimum atomic E-state index is -3.65. The number of hydrogen-bond donors (Lipinski definition) is 0. The Kier molecular flexibility index (Phi) is 5.32. The van der Waals surface area contributed by atoms with E-state index in [0.29, 0.717) is 11.7 Å². The topological polar surface area (TPSA) is 70.6 Å². The number of carbonyl (C=O) groups is 1. The Bertz CT molecular complexity index is 929. The molecular weight excluding hydrogens is 374 g/mol. The number of rotatable bonds is 4. The molecule has 0 bridgehead atoms. The highest BCUT2D eigenvalue weighted by Crippen LogP contribution is 2.30. The van der Waals surface area contributed by atoms with Crippen LogP contribution in [-0.2, 0) is 27.8 Å². The summed E-state index contributed by atoms with van der Waals surface area (Å²) >= 11 is 5.76. The minimum absolute atomic E-state index is 0.0334. The van der Waals surface area contributed by atoms with Crippen molar-refractivity contribution < 1.29 is 13.2 Å². The fraction of sp³-hybridized carbons (Fsp3) is 0.333. The molecule has 138 valence electrons. The van der Waals surface area contributed by atoms with Gasteiger partial charge in [0.15, 0.2) is 0 Å². The number of aryl methyl sites for hydroxylation is 1. The molecule has 0 saturated carbocycles. The predicted octanol–water partition coefficient (Wildman–Crippen LogP) is 2.85. The molecule has 1 aliphatic rings. The second-order valence-corrected chi connectivity index (χ2v) is 8.75. The SMILES string of the molecule is CC(=O)N1CCCc2cc(S(=O)(=O)N(C)Cc3ccc(Cl)nc3)ccc21. The van der Waals surface area contributed by atoms with Crippen molar-refractivity contribution in [2.75, 3.05) is 18.5 Å². The zero-order chi connectivity index (χ0) is 18.9. The van der Waals surface area contributed by atoms with Gasteiger partial charge in [-0.2, -0.15) is 4.31 Å². The fourth-order valence-corrected chi connectivity index (χ4v) is 4.40. The van der Waals surface area contributed by atoms with E-state index in [4.69, 9.17) is 11.6 Å². The number of nitrogens with zero attached hydrogens (tertiary/aromatic N) is 3. The largest absolute Gasteiger partial charge is 0.312 e. The predicted molar refractivity (Wildman–Crippen MR) is 101 cm³/mol. The second-order valence-electron chi connectivity index (χ2n) is 6.31. The molecule has 0 aliphatic carbocycles. The summed E-state index contributed by atoms with van der Waals surface area (Å²) in [5.74, 6) is -0.0334. The number of hydrogen-bond acceptors (Lipinski definition) is 4. The zero-order valence-corrected chi connectivity index (χ0v) is 16.2. The maximum Gasteiger partial charge on any atom is 0.243 e. The lowest BCUT2D eigenvalue weighted by Gasteiger charge is -2.29. The van der Waals surface area contributed by atoms with Crippen LogP contribution < -0.4 is 4.90 Å². The number of anilines is 1. The molecule has 6 nitrogen and oxygen atoms in total. The van der Waals surface area contributed by atoms with Gasteiger partial charge in [0.05, 0.1) is 4.90 Å². The lowest BCUT2D eigenvalue weighted by Crippen LogP contribution is -2.34. The quantitative estimate of drug-likeness (QED) is 0.749. The van der Waals surface area contributed by atoms with E-state index in [9.17, 15) is 13.2 Å². The first kappa shape index (κ1) is 18.8. The van der Waals surface area contributed by atoms with Gasteiger partial charge in [-0.15, -0.1) is 0 Å². The Morgan fingerprint density at radius 2 is 2.08 bits per heavy atom. The molecule has 1 aromatic heterocycles. The third kappa shape index (κ3) is 3.75. The van der Waals surface area contributed by atoms with Crippen LogP contribution in [0.3, 0.4) is 0 Å². The molecule has 1 amide bonds. The molecule has 0 unspecified atom stereocenters. The summed E-state index contributed by atoms with van der Waals surface area (Å²) in [7, 11) is -2.12. The zero-order valence-electron chi connectivity index (χ0n) is 14.6. The second kappa shape index (κ2) is 7.34. The van der Waals surface area contributed by atoms with Crippen LogP contribution in [0.25, 0.3) is 0 Å². The van der Waals surface area contributed by atoms with Crippen molar-refractivity contribution >= 4 is 33.2 Å². The Labute approximate surface area is 158 Å². The number of amides is 1. The molecule has 0 spiro atoms. The maximum atomic E-state index is 12.9. The van der Waals surface area contributed by atoms with Gasteiger partial charge in [-0.3, -0.25) is 4.79 Å². The molecule has 1 aliphatic heterocycles. The van der Waals surface area contributed by atoms with Gasteiger partial charge in [0.25, 0.3) is 0 Å². The van der Waals surface area contributed by atoms with E-state index < -0.39 is 10.0 Å². The highest BCUT2D eigenvalue weighted by Gasteiger charge is 2.25. The van der Waals surface area contributed by atoms with E-state index in [-0.39, 0.29) is 17.3 Å². The molecule has 2 aromatic rings. The van der Waals surface area contributed by atoms with Crippen molar-refractivity contribution in [2.45, 2.75) is 31.2 Å². The van der Waals surface area contributed by atoms with E-state index in [1.165, 1.54) is 18.3 Å². The Balaban J connectivity index is 1.87. The normalized spacial score (nSPS) is 14.4. The molecule has 1 aromatic carbocycles. The highest BCUT2D eigenvalue weighted by molar-refractivity contribution is 7.89. The molecule has 2 heterocycles. The number of pyridine rings is 1. The van der Waals surface area contributed by atoms with Gasteiger partial charge >= 0.3 is 0 Å². The van der Waals surface area contributed by atoms with Crippen molar-refractivity contribution in [2.24, 2.45) is 0 Å². The molecule has 0 saturated heterocycles. The molecule has 0 N–H and O–H groups in total. The Morgan fingerprint density at radius 1 is 1.31 bits per heavy atom. The van der Waals surface area contributed by atoms with Gasteiger partial charge in [0.1, 0.15) is 5.15 Å². The van der Waals surface area contributed by atoms with E-state index in [1.807, 2.05) is 0 Å². The molecule has 8 heteroatoms. The number of aromatic nitrogens is 1. The molecule has 0 radical (unpaired) electrons. The number of halogens is 1. The van der Waals surface area contributed by atoms with E-state index >= 15 is 0 Å². The van der Waals surface area contributed by atoms with Gasteiger partial charge in [-0.25, -0.2) is 13.4 Å². The number of sulfonamides is 1. The van der Waals surface area contributed by atoms with Gasteiger partial charge in [0.2, 0.25) is 15.9 Å². The van der Waals surface area contributed by atoms with Crippen molar-refractivity contribution in [1.29, 1.82) is 0 Å². The minimum Gasteiger partial charge on any atom is -0.312 e. The van der Waals surface area contributed by atoms with Gasteiger partial charge in [-0.1, -0.05) is 17.7 Å². The molecular formula is C18H20ClN3O3S. The van der Waals surface area contributed by atoms with Crippen LogP contribution in [0.15, 0.2) is 41.4 Å². The summed E-state index contributed by atoms with van der Waals surface area (Å²) in [6.45, 7) is 2.38. The first-order chi connectivity index (χ1) is 12.3. The first-order valence-electron chi connectivity index (χ1n) is 8.27. The summed E-state index contributed by atoms with van der Waals surface area (Å²) in [5.41, 5.74) is 2.43. The standard InChI is InChI=1S/C18H20ClN3O3S/c1-13(23)22-9-3-4-15-10-16(6-7-17(15)22)26(24,25)21(2)12-14-5-8-18(19)20-11-14/h5-8,10-11H,3-4,9,12H2,1-2H3. The summed E-state index contributed by atoms with van der Waals surface area (Å²) in [6, 6.07) is 8.34. The fourth-order valence-electron chi connectivity index (χ4n) is 3.08. The van der Waals surface area contributed by atoms with Crippen molar-refractivity contribution in [3.8, 4) is 0 Å². The van der Waals surface area contributed by atoms with Crippen LogP contribution >= 0.6 is 11.6 Å². The maximum absolute atomic E-state index is 12.9. The summed E-state index contributed by atoms with van der Waals surface area (Å²) in [6.07, 6.45) is 3.14.